The summed E-state index contributed by atoms with van der Waals surface area (Å²) in [4.78, 5) is 0. The second-order valence-corrected chi connectivity index (χ2v) is 7.45. The highest BCUT2D eigenvalue weighted by Crippen LogP contribution is 2.44. The van der Waals surface area contributed by atoms with Crippen molar-refractivity contribution in [2.45, 2.75) is 65.7 Å². The zero-order valence-corrected chi connectivity index (χ0v) is 16.3. The molecule has 0 aliphatic carbocycles. The van der Waals surface area contributed by atoms with Gasteiger partial charge in [0.25, 0.3) is 0 Å². The molecule has 0 radical (unpaired) electrons. The molecule has 136 valence electrons. The molecule has 2 aromatic rings. The van der Waals surface area contributed by atoms with Crippen LogP contribution in [0.5, 0.6) is 11.5 Å². The minimum atomic E-state index is -0.152. The number of benzene rings is 2. The molecule has 1 atom stereocenters. The van der Waals surface area contributed by atoms with E-state index in [1.54, 1.807) is 0 Å². The van der Waals surface area contributed by atoms with E-state index >= 15 is 0 Å². The molecule has 0 amide bonds. The molecule has 0 saturated heterocycles. The van der Waals surface area contributed by atoms with Crippen molar-refractivity contribution in [1.82, 2.24) is 0 Å². The summed E-state index contributed by atoms with van der Waals surface area (Å²) >= 11 is 0. The number of hydrogen-bond donors (Lipinski definition) is 2. The van der Waals surface area contributed by atoms with Crippen LogP contribution in [-0.4, -0.2) is 10.2 Å². The van der Waals surface area contributed by atoms with Gasteiger partial charge in [-0.1, -0.05) is 64.3 Å². The third-order valence-corrected chi connectivity index (χ3v) is 5.81. The summed E-state index contributed by atoms with van der Waals surface area (Å²) in [6.45, 7) is 10.7. The molecule has 0 aromatic heterocycles. The Bertz CT molecular complexity index is 667. The monoisotopic (exact) mass is 340 g/mol. The van der Waals surface area contributed by atoms with Crippen molar-refractivity contribution in [3.8, 4) is 11.5 Å². The van der Waals surface area contributed by atoms with E-state index in [4.69, 9.17) is 0 Å². The highest BCUT2D eigenvalue weighted by Gasteiger charge is 2.36. The van der Waals surface area contributed by atoms with Gasteiger partial charge in [0.15, 0.2) is 0 Å². The van der Waals surface area contributed by atoms with Crippen molar-refractivity contribution in [2.24, 2.45) is 5.92 Å². The normalized spacial score (nSPS) is 13.0. The summed E-state index contributed by atoms with van der Waals surface area (Å²) in [7, 11) is 0. The Morgan fingerprint density at radius 3 is 1.72 bits per heavy atom. The topological polar surface area (TPSA) is 40.5 Å². The van der Waals surface area contributed by atoms with Crippen LogP contribution in [0.4, 0.5) is 0 Å². The van der Waals surface area contributed by atoms with Crippen LogP contribution in [0.2, 0.25) is 0 Å². The first-order valence-corrected chi connectivity index (χ1v) is 9.44. The molecule has 0 spiro atoms. The molecular weight excluding hydrogens is 308 g/mol. The summed E-state index contributed by atoms with van der Waals surface area (Å²) in [6.07, 6.45) is 4.66. The van der Waals surface area contributed by atoms with Crippen molar-refractivity contribution in [1.29, 1.82) is 0 Å². The van der Waals surface area contributed by atoms with Gasteiger partial charge >= 0.3 is 0 Å². The third-order valence-electron chi connectivity index (χ3n) is 5.81. The Morgan fingerprint density at radius 1 is 0.880 bits per heavy atom. The summed E-state index contributed by atoms with van der Waals surface area (Å²) in [6, 6.07) is 12.0. The molecule has 0 saturated carbocycles. The predicted octanol–water partition coefficient (Wildman–Crippen LogP) is 6.24. The van der Waals surface area contributed by atoms with Gasteiger partial charge in [-0.25, -0.2) is 0 Å². The molecule has 0 fully saturated rings. The van der Waals surface area contributed by atoms with E-state index in [1.165, 1.54) is 30.4 Å². The molecular formula is C23H32O2. The summed E-state index contributed by atoms with van der Waals surface area (Å²) in [5, 5.41) is 19.9. The second-order valence-electron chi connectivity index (χ2n) is 7.45. The number of aromatic hydroxyl groups is 2. The smallest absolute Gasteiger partial charge is 0.118 e. The lowest BCUT2D eigenvalue weighted by Crippen LogP contribution is -2.33. The van der Waals surface area contributed by atoms with Gasteiger partial charge in [-0.2, -0.15) is 0 Å². The van der Waals surface area contributed by atoms with E-state index in [1.807, 2.05) is 26.0 Å². The molecule has 2 rings (SSSR count). The largest absolute Gasteiger partial charge is 0.508 e. The van der Waals surface area contributed by atoms with Crippen molar-refractivity contribution in [3.05, 3.63) is 58.7 Å². The molecule has 2 aromatic carbocycles. The Hall–Kier alpha value is -1.96. The van der Waals surface area contributed by atoms with Crippen LogP contribution >= 0.6 is 0 Å². The lowest BCUT2D eigenvalue weighted by molar-refractivity contribution is 0.305. The fourth-order valence-electron chi connectivity index (χ4n) is 3.95. The van der Waals surface area contributed by atoms with Crippen molar-refractivity contribution >= 4 is 0 Å². The minimum Gasteiger partial charge on any atom is -0.508 e. The fraction of sp³-hybridized carbons (Fsp3) is 0.478. The molecule has 1 unspecified atom stereocenters. The molecule has 0 aliphatic heterocycles. The average Bonchev–Trinajstić information content (AvgIpc) is 2.60. The van der Waals surface area contributed by atoms with Gasteiger partial charge in [-0.3, -0.25) is 0 Å². The second kappa shape index (κ2) is 7.95. The van der Waals surface area contributed by atoms with Gasteiger partial charge in [0.2, 0.25) is 0 Å². The van der Waals surface area contributed by atoms with E-state index in [0.29, 0.717) is 17.4 Å². The van der Waals surface area contributed by atoms with Crippen LogP contribution in [0, 0.1) is 19.8 Å². The number of unbranched alkanes of at least 4 members (excludes halogenated alkanes) is 1. The summed E-state index contributed by atoms with van der Waals surface area (Å²) < 4.78 is 0. The first kappa shape index (κ1) is 19.4. The van der Waals surface area contributed by atoms with Crippen LogP contribution in [0.3, 0.4) is 0 Å². The first-order valence-electron chi connectivity index (χ1n) is 9.44. The molecule has 2 N–H and O–H groups in total. The van der Waals surface area contributed by atoms with Crippen LogP contribution in [0.1, 0.15) is 68.7 Å². The average molecular weight is 341 g/mol. The Morgan fingerprint density at radius 2 is 1.36 bits per heavy atom. The number of phenolic OH excluding ortho intramolecular Hbond substituents is 2. The molecule has 2 heteroatoms. The van der Waals surface area contributed by atoms with Gasteiger partial charge < -0.3 is 10.2 Å². The fourth-order valence-corrected chi connectivity index (χ4v) is 3.95. The predicted molar refractivity (Wildman–Crippen MR) is 105 cm³/mol. The van der Waals surface area contributed by atoms with Crippen molar-refractivity contribution < 1.29 is 10.2 Å². The standard InChI is InChI=1S/C23H32O2/c1-6-8-9-18(7-2)23(5,19-10-12-21(24)16(3)14-19)20-11-13-22(25)17(4)15-20/h10-15,18,24-25H,6-9H2,1-5H3. The van der Waals surface area contributed by atoms with Gasteiger partial charge in [-0.15, -0.1) is 0 Å². The van der Waals surface area contributed by atoms with Crippen LogP contribution < -0.4 is 0 Å². The Kier molecular flexibility index (Phi) is 6.16. The maximum absolute atomic E-state index is 9.96. The highest BCUT2D eigenvalue weighted by molar-refractivity contribution is 5.47. The minimum absolute atomic E-state index is 0.152. The van der Waals surface area contributed by atoms with Crippen LogP contribution in [0.15, 0.2) is 36.4 Å². The summed E-state index contributed by atoms with van der Waals surface area (Å²) in [5.41, 5.74) is 4.13. The highest BCUT2D eigenvalue weighted by atomic mass is 16.3. The zero-order chi connectivity index (χ0) is 18.6. The van der Waals surface area contributed by atoms with Crippen LogP contribution in [-0.2, 0) is 5.41 Å². The third kappa shape index (κ3) is 3.84. The van der Waals surface area contributed by atoms with E-state index in [-0.39, 0.29) is 5.41 Å². The number of rotatable bonds is 7. The molecule has 25 heavy (non-hydrogen) atoms. The van der Waals surface area contributed by atoms with E-state index in [9.17, 15) is 10.2 Å². The number of hydrogen-bond acceptors (Lipinski definition) is 2. The van der Waals surface area contributed by atoms with E-state index < -0.39 is 0 Å². The maximum atomic E-state index is 9.96. The zero-order valence-electron chi connectivity index (χ0n) is 16.3. The lowest BCUT2D eigenvalue weighted by Gasteiger charge is -2.39. The Labute approximate surface area is 152 Å². The molecule has 0 aliphatic rings. The van der Waals surface area contributed by atoms with Gasteiger partial charge in [0, 0.05) is 5.41 Å². The van der Waals surface area contributed by atoms with Crippen molar-refractivity contribution in [2.75, 3.05) is 0 Å². The summed E-state index contributed by atoms with van der Waals surface area (Å²) in [5.74, 6) is 1.18. The SMILES string of the molecule is CCCCC(CC)C(C)(c1ccc(O)c(C)c1)c1ccc(O)c(C)c1. The van der Waals surface area contributed by atoms with E-state index in [2.05, 4.69) is 45.0 Å². The van der Waals surface area contributed by atoms with Crippen molar-refractivity contribution in [3.63, 3.8) is 0 Å². The van der Waals surface area contributed by atoms with Gasteiger partial charge in [0.1, 0.15) is 11.5 Å². The quantitative estimate of drug-likeness (QED) is 0.626. The number of phenols is 2. The Balaban J connectivity index is 2.64. The molecule has 0 bridgehead atoms. The lowest BCUT2D eigenvalue weighted by atomic mass is 9.64. The van der Waals surface area contributed by atoms with E-state index in [0.717, 1.165) is 17.5 Å². The van der Waals surface area contributed by atoms with Crippen LogP contribution in [0.25, 0.3) is 0 Å². The van der Waals surface area contributed by atoms with Gasteiger partial charge in [0.05, 0.1) is 0 Å². The molecule has 2 nitrogen and oxygen atoms in total. The molecule has 0 heterocycles. The van der Waals surface area contributed by atoms with Gasteiger partial charge in [-0.05, 0) is 60.6 Å². The number of aryl methyl sites for hydroxylation is 2. The first-order chi connectivity index (χ1) is 11.8. The maximum Gasteiger partial charge on any atom is 0.118 e.